The average molecular weight is 237 g/mol. The van der Waals surface area contributed by atoms with Gasteiger partial charge in [-0.15, -0.1) is 0 Å². The lowest BCUT2D eigenvalue weighted by Gasteiger charge is -2.05. The second-order valence-electron chi connectivity index (χ2n) is 3.60. The van der Waals surface area contributed by atoms with Crippen molar-refractivity contribution in [2.45, 2.75) is 26.3 Å². The molecule has 0 aliphatic carbocycles. The van der Waals surface area contributed by atoms with Crippen molar-refractivity contribution in [1.82, 2.24) is 4.98 Å². The van der Waals surface area contributed by atoms with E-state index in [9.17, 15) is 4.79 Å². The molecule has 5 heteroatoms. The zero-order valence-electron chi connectivity index (χ0n) is 10.1. The Hall–Kier alpha value is -1.46. The van der Waals surface area contributed by atoms with Gasteiger partial charge >= 0.3 is 0 Å². The summed E-state index contributed by atoms with van der Waals surface area (Å²) in [6, 6.07) is 3.60. The number of rotatable bonds is 7. The number of hydrogen-bond acceptors (Lipinski definition) is 4. The molecular formula is C12H19N3O2. The van der Waals surface area contributed by atoms with Gasteiger partial charge in [-0.05, 0) is 25.0 Å². The first kappa shape index (κ1) is 13.6. The monoisotopic (exact) mass is 237 g/mol. The molecule has 0 atom stereocenters. The number of nitrogens with one attached hydrogen (secondary N) is 1. The summed E-state index contributed by atoms with van der Waals surface area (Å²) < 4.78 is 5.15. The highest BCUT2D eigenvalue weighted by Gasteiger charge is 2.02. The highest BCUT2D eigenvalue weighted by atomic mass is 16.5. The van der Waals surface area contributed by atoms with E-state index in [1.807, 2.05) is 13.0 Å². The number of carbonyl (C=O) groups excluding carboxylic acids is 1. The molecule has 5 nitrogen and oxygen atoms in total. The van der Waals surface area contributed by atoms with Crippen LogP contribution in [-0.2, 0) is 16.1 Å². The van der Waals surface area contributed by atoms with E-state index < -0.39 is 0 Å². The number of aromatic nitrogens is 1. The number of pyridine rings is 1. The molecule has 0 radical (unpaired) electrons. The smallest absolute Gasteiger partial charge is 0.225 e. The van der Waals surface area contributed by atoms with Crippen LogP contribution in [-0.4, -0.2) is 24.1 Å². The maximum atomic E-state index is 11.5. The van der Waals surface area contributed by atoms with Crippen molar-refractivity contribution in [2.75, 3.05) is 18.5 Å². The molecule has 0 aliphatic rings. The zero-order chi connectivity index (χ0) is 12.5. The Kier molecular flexibility index (Phi) is 6.21. The third-order valence-corrected chi connectivity index (χ3v) is 2.22. The van der Waals surface area contributed by atoms with Gasteiger partial charge in [-0.25, -0.2) is 4.98 Å². The lowest BCUT2D eigenvalue weighted by atomic mass is 10.3. The fourth-order valence-electron chi connectivity index (χ4n) is 1.30. The first-order valence-corrected chi connectivity index (χ1v) is 5.79. The highest BCUT2D eigenvalue weighted by Crippen LogP contribution is 2.05. The minimum atomic E-state index is -0.0438. The normalized spacial score (nSPS) is 10.2. The van der Waals surface area contributed by atoms with Gasteiger partial charge in [-0.1, -0.05) is 6.07 Å². The Morgan fingerprint density at radius 2 is 2.35 bits per heavy atom. The summed E-state index contributed by atoms with van der Waals surface area (Å²) in [5.41, 5.74) is 6.40. The Balaban J connectivity index is 2.29. The Morgan fingerprint density at radius 3 is 2.94 bits per heavy atom. The molecule has 94 valence electrons. The van der Waals surface area contributed by atoms with Crippen LogP contribution in [0.1, 0.15) is 25.3 Å². The molecule has 1 amide bonds. The third-order valence-electron chi connectivity index (χ3n) is 2.22. The van der Waals surface area contributed by atoms with Gasteiger partial charge in [0.1, 0.15) is 5.82 Å². The van der Waals surface area contributed by atoms with E-state index in [-0.39, 0.29) is 5.91 Å². The van der Waals surface area contributed by atoms with Gasteiger partial charge in [-0.3, -0.25) is 4.79 Å². The molecule has 0 aromatic carbocycles. The molecule has 1 aromatic rings. The molecule has 0 aliphatic heterocycles. The first-order chi connectivity index (χ1) is 8.26. The van der Waals surface area contributed by atoms with Crippen LogP contribution in [0.25, 0.3) is 0 Å². The van der Waals surface area contributed by atoms with E-state index in [0.717, 1.165) is 12.0 Å². The molecule has 0 fully saturated rings. The summed E-state index contributed by atoms with van der Waals surface area (Å²) in [5.74, 6) is 0.515. The van der Waals surface area contributed by atoms with Gasteiger partial charge < -0.3 is 15.8 Å². The van der Waals surface area contributed by atoms with Crippen LogP contribution >= 0.6 is 0 Å². The minimum Gasteiger partial charge on any atom is -0.382 e. The van der Waals surface area contributed by atoms with Gasteiger partial charge in [0.25, 0.3) is 0 Å². The van der Waals surface area contributed by atoms with Crippen molar-refractivity contribution in [3.05, 3.63) is 23.9 Å². The van der Waals surface area contributed by atoms with E-state index in [1.165, 1.54) is 0 Å². The Morgan fingerprint density at radius 1 is 1.53 bits per heavy atom. The SMILES string of the molecule is CCOCCCC(=O)Nc1ccc(CN)cn1. The summed E-state index contributed by atoms with van der Waals surface area (Å²) >= 11 is 0. The van der Waals surface area contributed by atoms with Crippen molar-refractivity contribution in [3.63, 3.8) is 0 Å². The number of hydrogen-bond donors (Lipinski definition) is 2. The standard InChI is InChI=1S/C12H19N3O2/c1-2-17-7-3-4-12(16)15-11-6-5-10(8-13)9-14-11/h5-6,9H,2-4,7-8,13H2,1H3,(H,14,15,16). The van der Waals surface area contributed by atoms with Gasteiger partial charge in [0.2, 0.25) is 5.91 Å². The molecule has 1 rings (SSSR count). The number of amides is 1. The molecule has 0 saturated carbocycles. The molecular weight excluding hydrogens is 218 g/mol. The molecule has 3 N–H and O–H groups in total. The van der Waals surface area contributed by atoms with Crippen LogP contribution in [0.5, 0.6) is 0 Å². The van der Waals surface area contributed by atoms with Crippen molar-refractivity contribution in [1.29, 1.82) is 0 Å². The van der Waals surface area contributed by atoms with Crippen molar-refractivity contribution in [2.24, 2.45) is 5.73 Å². The van der Waals surface area contributed by atoms with E-state index in [4.69, 9.17) is 10.5 Å². The fourth-order valence-corrected chi connectivity index (χ4v) is 1.30. The number of nitrogens with zero attached hydrogens (tertiary/aromatic N) is 1. The molecule has 0 unspecified atom stereocenters. The minimum absolute atomic E-state index is 0.0438. The summed E-state index contributed by atoms with van der Waals surface area (Å²) in [5, 5.41) is 2.72. The number of anilines is 1. The quantitative estimate of drug-likeness (QED) is 0.701. The Bertz CT molecular complexity index is 338. The Labute approximate surface area is 101 Å². The predicted octanol–water partition coefficient (Wildman–Crippen LogP) is 1.30. The first-order valence-electron chi connectivity index (χ1n) is 5.79. The summed E-state index contributed by atoms with van der Waals surface area (Å²) in [4.78, 5) is 15.6. The van der Waals surface area contributed by atoms with Crippen molar-refractivity contribution < 1.29 is 9.53 Å². The van der Waals surface area contributed by atoms with Crippen LogP contribution in [0.2, 0.25) is 0 Å². The predicted molar refractivity (Wildman–Crippen MR) is 66.5 cm³/mol. The largest absolute Gasteiger partial charge is 0.382 e. The summed E-state index contributed by atoms with van der Waals surface area (Å²) in [6.07, 6.45) is 2.83. The average Bonchev–Trinajstić information content (AvgIpc) is 2.36. The molecule has 17 heavy (non-hydrogen) atoms. The summed E-state index contributed by atoms with van der Waals surface area (Å²) in [6.45, 7) is 3.69. The van der Waals surface area contributed by atoms with E-state index in [1.54, 1.807) is 12.3 Å². The molecule has 0 bridgehead atoms. The second-order valence-corrected chi connectivity index (χ2v) is 3.60. The van der Waals surface area contributed by atoms with Gasteiger partial charge in [-0.2, -0.15) is 0 Å². The van der Waals surface area contributed by atoms with Gasteiger partial charge in [0, 0.05) is 32.4 Å². The van der Waals surface area contributed by atoms with Gasteiger partial charge in [0.05, 0.1) is 0 Å². The van der Waals surface area contributed by atoms with Crippen LogP contribution in [0.4, 0.5) is 5.82 Å². The number of carbonyl (C=O) groups is 1. The van der Waals surface area contributed by atoms with E-state index in [2.05, 4.69) is 10.3 Å². The maximum absolute atomic E-state index is 11.5. The third kappa shape index (κ3) is 5.42. The highest BCUT2D eigenvalue weighted by molar-refractivity contribution is 5.89. The van der Waals surface area contributed by atoms with Crippen LogP contribution in [0, 0.1) is 0 Å². The van der Waals surface area contributed by atoms with Crippen molar-refractivity contribution in [3.8, 4) is 0 Å². The lowest BCUT2D eigenvalue weighted by Crippen LogP contribution is -2.13. The second kappa shape index (κ2) is 7.76. The topological polar surface area (TPSA) is 77.2 Å². The fraction of sp³-hybridized carbons (Fsp3) is 0.500. The van der Waals surface area contributed by atoms with Crippen LogP contribution in [0.15, 0.2) is 18.3 Å². The van der Waals surface area contributed by atoms with Crippen molar-refractivity contribution >= 4 is 11.7 Å². The lowest BCUT2D eigenvalue weighted by molar-refractivity contribution is -0.116. The van der Waals surface area contributed by atoms with Gasteiger partial charge in [0.15, 0.2) is 0 Å². The number of ether oxygens (including phenoxy) is 1. The zero-order valence-corrected chi connectivity index (χ0v) is 10.1. The molecule has 1 aromatic heterocycles. The number of nitrogens with two attached hydrogens (primary N) is 1. The van der Waals surface area contributed by atoms with Crippen LogP contribution in [0.3, 0.4) is 0 Å². The maximum Gasteiger partial charge on any atom is 0.225 e. The molecule has 1 heterocycles. The summed E-state index contributed by atoms with van der Waals surface area (Å²) in [7, 11) is 0. The molecule has 0 spiro atoms. The van der Waals surface area contributed by atoms with E-state index >= 15 is 0 Å². The molecule has 0 saturated heterocycles. The van der Waals surface area contributed by atoms with Crippen LogP contribution < -0.4 is 11.1 Å². The van der Waals surface area contributed by atoms with E-state index in [0.29, 0.717) is 32.0 Å².